The molecule has 0 saturated carbocycles. The van der Waals surface area contributed by atoms with Crippen molar-refractivity contribution < 1.29 is 13.7 Å². The maximum atomic E-state index is 13.0. The fourth-order valence-corrected chi connectivity index (χ4v) is 3.08. The quantitative estimate of drug-likeness (QED) is 0.469. The molecule has 0 unspecified atom stereocenters. The van der Waals surface area contributed by atoms with Gasteiger partial charge in [-0.1, -0.05) is 5.16 Å². The van der Waals surface area contributed by atoms with Crippen LogP contribution in [0.15, 0.2) is 59.5 Å². The minimum atomic E-state index is -0.321. The van der Waals surface area contributed by atoms with E-state index in [4.69, 9.17) is 4.52 Å². The molecule has 4 aromatic rings. The van der Waals surface area contributed by atoms with Crippen molar-refractivity contribution in [2.75, 3.05) is 0 Å². The molecule has 0 spiro atoms. The highest BCUT2D eigenvalue weighted by Crippen LogP contribution is 2.17. The van der Waals surface area contributed by atoms with Crippen molar-refractivity contribution in [3.63, 3.8) is 0 Å². The summed E-state index contributed by atoms with van der Waals surface area (Å²) in [4.78, 5) is 25.0. The minimum Gasteiger partial charge on any atom is -0.352 e. The van der Waals surface area contributed by atoms with E-state index in [9.17, 15) is 9.18 Å². The fraction of sp³-hybridized carbons (Fsp3) is 0.227. The van der Waals surface area contributed by atoms with Crippen LogP contribution in [0.1, 0.15) is 30.1 Å². The molecule has 0 aliphatic heterocycles. The number of hydrogen-bond acceptors (Lipinski definition) is 6. The zero-order valence-electron chi connectivity index (χ0n) is 17.0. The predicted molar refractivity (Wildman–Crippen MR) is 111 cm³/mol. The molecule has 1 amide bonds. The first-order valence-corrected chi connectivity index (χ1v) is 9.89. The lowest BCUT2D eigenvalue weighted by atomic mass is 10.2. The molecule has 0 saturated heterocycles. The van der Waals surface area contributed by atoms with Crippen LogP contribution in [-0.4, -0.2) is 30.6 Å². The number of hydrogen-bond donors (Lipinski definition) is 1. The second kappa shape index (κ2) is 9.29. The number of amides is 1. The summed E-state index contributed by atoms with van der Waals surface area (Å²) in [6.07, 6.45) is 6.68. The number of nitrogens with zero attached hydrogens (tertiary/aromatic N) is 5. The van der Waals surface area contributed by atoms with Crippen LogP contribution in [0, 0.1) is 12.7 Å². The van der Waals surface area contributed by atoms with Gasteiger partial charge in [0, 0.05) is 43.5 Å². The van der Waals surface area contributed by atoms with E-state index in [1.807, 2.05) is 29.8 Å². The van der Waals surface area contributed by atoms with E-state index >= 15 is 0 Å². The summed E-state index contributed by atoms with van der Waals surface area (Å²) in [7, 11) is 0. The van der Waals surface area contributed by atoms with Crippen molar-refractivity contribution in [3.8, 4) is 17.2 Å². The van der Waals surface area contributed by atoms with E-state index in [1.165, 1.54) is 12.1 Å². The number of aromatic nitrogens is 5. The number of rotatable bonds is 8. The van der Waals surface area contributed by atoms with Gasteiger partial charge in [0.05, 0.1) is 0 Å². The second-order valence-electron chi connectivity index (χ2n) is 7.02. The van der Waals surface area contributed by atoms with Crippen LogP contribution in [0.4, 0.5) is 4.39 Å². The Morgan fingerprint density at radius 3 is 2.77 bits per heavy atom. The smallest absolute Gasteiger partial charge is 0.226 e. The first-order chi connectivity index (χ1) is 15.1. The third kappa shape index (κ3) is 5.19. The molecule has 0 radical (unpaired) electrons. The normalized spacial score (nSPS) is 10.9. The maximum Gasteiger partial charge on any atom is 0.226 e. The maximum absolute atomic E-state index is 13.0. The third-order valence-corrected chi connectivity index (χ3v) is 4.74. The first kappa shape index (κ1) is 20.4. The Hall–Kier alpha value is -3.88. The second-order valence-corrected chi connectivity index (χ2v) is 7.02. The highest BCUT2D eigenvalue weighted by Gasteiger charge is 2.10. The number of carbonyl (C=O) groups excluding carboxylic acids is 1. The molecule has 0 bridgehead atoms. The summed E-state index contributed by atoms with van der Waals surface area (Å²) in [5, 5.41) is 6.82. The summed E-state index contributed by atoms with van der Waals surface area (Å²) in [6, 6.07) is 9.66. The van der Waals surface area contributed by atoms with Gasteiger partial charge in [-0.15, -0.1) is 0 Å². The van der Waals surface area contributed by atoms with Crippen molar-refractivity contribution >= 4 is 5.91 Å². The Bertz CT molecular complexity index is 1170. The zero-order valence-corrected chi connectivity index (χ0v) is 17.0. The SMILES string of the molecule is Cc1nccn1-c1cc(CNC(=O)CCCc2nc(-c3ccc(F)cc3)no2)ccn1. The fourth-order valence-electron chi connectivity index (χ4n) is 3.08. The van der Waals surface area contributed by atoms with Gasteiger partial charge >= 0.3 is 0 Å². The molecule has 1 N–H and O–H groups in total. The van der Waals surface area contributed by atoms with Crippen molar-refractivity contribution in [1.82, 2.24) is 30.0 Å². The Kier molecular flexibility index (Phi) is 6.11. The number of halogens is 1. The molecule has 1 aromatic carbocycles. The van der Waals surface area contributed by atoms with Crippen LogP contribution in [0.5, 0.6) is 0 Å². The highest BCUT2D eigenvalue weighted by molar-refractivity contribution is 5.75. The molecule has 9 heteroatoms. The van der Waals surface area contributed by atoms with Gasteiger partial charge in [-0.25, -0.2) is 14.4 Å². The Morgan fingerprint density at radius 2 is 2.00 bits per heavy atom. The van der Waals surface area contributed by atoms with E-state index in [-0.39, 0.29) is 11.7 Å². The van der Waals surface area contributed by atoms with Gasteiger partial charge in [-0.05, 0) is 55.3 Å². The topological polar surface area (TPSA) is 98.7 Å². The van der Waals surface area contributed by atoms with Crippen molar-refractivity contribution in [2.45, 2.75) is 32.7 Å². The van der Waals surface area contributed by atoms with Crippen LogP contribution >= 0.6 is 0 Å². The molecule has 158 valence electrons. The Labute approximate surface area is 178 Å². The average Bonchev–Trinajstić information content (AvgIpc) is 3.42. The lowest BCUT2D eigenvalue weighted by Gasteiger charge is -2.08. The molecule has 8 nitrogen and oxygen atoms in total. The van der Waals surface area contributed by atoms with E-state index in [2.05, 4.69) is 25.4 Å². The number of aryl methyl sites for hydroxylation is 2. The molecule has 3 aromatic heterocycles. The van der Waals surface area contributed by atoms with Gasteiger partial charge in [0.2, 0.25) is 17.6 Å². The third-order valence-electron chi connectivity index (χ3n) is 4.74. The minimum absolute atomic E-state index is 0.0598. The Balaban J connectivity index is 1.24. The van der Waals surface area contributed by atoms with Crippen molar-refractivity contribution in [2.24, 2.45) is 0 Å². The van der Waals surface area contributed by atoms with Crippen molar-refractivity contribution in [3.05, 3.63) is 78.1 Å². The summed E-state index contributed by atoms with van der Waals surface area (Å²) in [5.41, 5.74) is 1.63. The molecule has 3 heterocycles. The summed E-state index contributed by atoms with van der Waals surface area (Å²) in [5.74, 6) is 2.07. The van der Waals surface area contributed by atoms with Gasteiger partial charge in [0.15, 0.2) is 0 Å². The number of carbonyl (C=O) groups is 1. The molecule has 31 heavy (non-hydrogen) atoms. The molecular formula is C22H21FN6O2. The molecule has 0 aliphatic rings. The predicted octanol–water partition coefficient (Wildman–Crippen LogP) is 3.40. The van der Waals surface area contributed by atoms with Crippen LogP contribution in [0.25, 0.3) is 17.2 Å². The van der Waals surface area contributed by atoms with Crippen LogP contribution < -0.4 is 5.32 Å². The zero-order chi connectivity index (χ0) is 21.6. The van der Waals surface area contributed by atoms with Crippen LogP contribution in [-0.2, 0) is 17.8 Å². The highest BCUT2D eigenvalue weighted by atomic mass is 19.1. The van der Waals surface area contributed by atoms with Gasteiger partial charge in [0.25, 0.3) is 0 Å². The van der Waals surface area contributed by atoms with E-state index in [0.717, 1.165) is 17.2 Å². The standard InChI is InChI=1S/C22H21FN6O2/c1-15-24-11-12-29(15)19-13-16(9-10-25-19)14-26-20(30)3-2-4-21-27-22(28-31-21)17-5-7-18(23)8-6-17/h5-13H,2-4,14H2,1H3,(H,26,30). The van der Waals surface area contributed by atoms with Crippen LogP contribution in [0.2, 0.25) is 0 Å². The van der Waals surface area contributed by atoms with E-state index in [1.54, 1.807) is 24.5 Å². The van der Waals surface area contributed by atoms with Gasteiger partial charge in [0.1, 0.15) is 17.5 Å². The van der Waals surface area contributed by atoms with E-state index in [0.29, 0.717) is 43.1 Å². The first-order valence-electron chi connectivity index (χ1n) is 9.89. The molecule has 4 rings (SSSR count). The summed E-state index contributed by atoms with van der Waals surface area (Å²) >= 11 is 0. The average molecular weight is 420 g/mol. The number of imidazole rings is 1. The lowest BCUT2D eigenvalue weighted by Crippen LogP contribution is -2.22. The van der Waals surface area contributed by atoms with Crippen LogP contribution in [0.3, 0.4) is 0 Å². The number of pyridine rings is 1. The van der Waals surface area contributed by atoms with Crippen molar-refractivity contribution in [1.29, 1.82) is 0 Å². The summed E-state index contributed by atoms with van der Waals surface area (Å²) < 4.78 is 20.1. The molecule has 0 fully saturated rings. The summed E-state index contributed by atoms with van der Waals surface area (Å²) in [6.45, 7) is 2.32. The molecule has 0 atom stereocenters. The van der Waals surface area contributed by atoms with E-state index < -0.39 is 0 Å². The number of benzene rings is 1. The molecule has 0 aliphatic carbocycles. The van der Waals surface area contributed by atoms with Gasteiger partial charge in [-0.3, -0.25) is 9.36 Å². The Morgan fingerprint density at radius 1 is 1.16 bits per heavy atom. The number of nitrogens with one attached hydrogen (secondary N) is 1. The molecular weight excluding hydrogens is 399 g/mol. The largest absolute Gasteiger partial charge is 0.352 e. The lowest BCUT2D eigenvalue weighted by molar-refractivity contribution is -0.121. The monoisotopic (exact) mass is 420 g/mol. The van der Waals surface area contributed by atoms with Gasteiger partial charge < -0.3 is 9.84 Å². The van der Waals surface area contributed by atoms with Gasteiger partial charge in [-0.2, -0.15) is 4.98 Å².